The minimum atomic E-state index is -4.76. The van der Waals surface area contributed by atoms with E-state index in [4.69, 9.17) is 24.8 Å². The lowest BCUT2D eigenvalue weighted by molar-refractivity contribution is -0.161. The molecule has 0 aliphatic rings. The number of hydrogen-bond donors (Lipinski definition) is 4. The Kier molecular flexibility index (Phi) is 39.2. The van der Waals surface area contributed by atoms with Crippen LogP contribution in [0.4, 0.5) is 0 Å². The van der Waals surface area contributed by atoms with E-state index in [0.717, 1.165) is 83.5 Å². The minimum absolute atomic E-state index is 0.0969. The van der Waals surface area contributed by atoms with Crippen LogP contribution in [0.15, 0.2) is 97.2 Å². The predicted molar refractivity (Wildman–Crippen MR) is 246 cm³/mol. The molecule has 4 atom stereocenters. The number of aliphatic hydroxyl groups is 1. The number of carboxylic acids is 1. The second-order valence-corrected chi connectivity index (χ2v) is 16.1. The van der Waals surface area contributed by atoms with Crippen LogP contribution in [0.25, 0.3) is 0 Å². The lowest BCUT2D eigenvalue weighted by Crippen LogP contribution is -2.34. The van der Waals surface area contributed by atoms with Gasteiger partial charge >= 0.3 is 25.7 Å². The standard InChI is InChI=1S/C48H78NO11P/c1-3-5-7-8-9-10-11-12-13-14-15-16-17-18-21-25-28-31-35-39-47(52)60-44(41-58-61(55,56)59-42-45(49)48(53)54)40-57-46(51)38-34-30-27-24-22-19-20-23-26-29-33-37-43(50)36-32-6-4-2/h9-10,12-13,15-16,18-21,24,26-27,29,33,37,43-45,50H,3-8,11,14,17,22-23,25,28,30-32,34-36,38-42,49H2,1-2H3,(H,53,54)(H,55,56)/b10-9-,13-12-,16-15-,20-19-,21-18-,27-24-,29-26-,37-33+/t43-,44-,45+/m1/s1. The van der Waals surface area contributed by atoms with E-state index in [1.165, 1.54) is 19.3 Å². The van der Waals surface area contributed by atoms with E-state index in [1.54, 1.807) is 0 Å². The third kappa shape index (κ3) is 41.5. The largest absolute Gasteiger partial charge is 0.480 e. The Morgan fingerprint density at radius 3 is 1.66 bits per heavy atom. The molecule has 5 N–H and O–H groups in total. The Labute approximate surface area is 367 Å². The molecule has 0 amide bonds. The van der Waals surface area contributed by atoms with Gasteiger partial charge in [-0.1, -0.05) is 150 Å². The van der Waals surface area contributed by atoms with Gasteiger partial charge in [0.2, 0.25) is 0 Å². The smallest absolute Gasteiger partial charge is 0.472 e. The van der Waals surface area contributed by atoms with E-state index >= 15 is 0 Å². The Morgan fingerprint density at radius 1 is 0.590 bits per heavy atom. The highest BCUT2D eigenvalue weighted by Crippen LogP contribution is 2.43. The van der Waals surface area contributed by atoms with Crippen LogP contribution in [-0.4, -0.2) is 71.1 Å². The summed E-state index contributed by atoms with van der Waals surface area (Å²) in [6.45, 7) is 2.53. The zero-order valence-electron chi connectivity index (χ0n) is 37.1. The van der Waals surface area contributed by atoms with Crippen LogP contribution in [0.5, 0.6) is 0 Å². The summed E-state index contributed by atoms with van der Waals surface area (Å²) in [5.74, 6) is -2.54. The molecule has 1 unspecified atom stereocenters. The van der Waals surface area contributed by atoms with E-state index in [0.29, 0.717) is 19.3 Å². The van der Waals surface area contributed by atoms with E-state index in [-0.39, 0.29) is 12.8 Å². The van der Waals surface area contributed by atoms with Crippen molar-refractivity contribution in [2.45, 2.75) is 167 Å². The molecule has 0 saturated heterocycles. The van der Waals surface area contributed by atoms with Crippen molar-refractivity contribution in [3.05, 3.63) is 97.2 Å². The monoisotopic (exact) mass is 876 g/mol. The number of esters is 2. The van der Waals surface area contributed by atoms with Crippen LogP contribution >= 0.6 is 7.82 Å². The van der Waals surface area contributed by atoms with E-state index < -0.39 is 63.8 Å². The number of carboxylic acid groups (broad SMARTS) is 1. The Balaban J connectivity index is 4.57. The van der Waals surface area contributed by atoms with Crippen molar-refractivity contribution in [3.63, 3.8) is 0 Å². The highest BCUT2D eigenvalue weighted by Gasteiger charge is 2.28. The third-order valence-corrected chi connectivity index (χ3v) is 9.86. The fraction of sp³-hybridized carbons (Fsp3) is 0.604. The fourth-order valence-electron chi connectivity index (χ4n) is 5.33. The first-order chi connectivity index (χ1) is 29.5. The zero-order chi connectivity index (χ0) is 45.1. The topological polar surface area (TPSA) is 192 Å². The molecule has 346 valence electrons. The summed E-state index contributed by atoms with van der Waals surface area (Å²) in [6, 6.07) is -1.55. The summed E-state index contributed by atoms with van der Waals surface area (Å²) in [5, 5.41) is 18.8. The Morgan fingerprint density at radius 2 is 1.08 bits per heavy atom. The summed E-state index contributed by atoms with van der Waals surface area (Å²) in [5.41, 5.74) is 5.33. The summed E-state index contributed by atoms with van der Waals surface area (Å²) in [7, 11) is -4.76. The van der Waals surface area contributed by atoms with Gasteiger partial charge in [0.25, 0.3) is 0 Å². The zero-order valence-corrected chi connectivity index (χ0v) is 38.0. The number of carbonyl (C=O) groups is 3. The number of rotatable bonds is 40. The van der Waals surface area contributed by atoms with E-state index in [2.05, 4.69) is 73.1 Å². The highest BCUT2D eigenvalue weighted by atomic mass is 31.2. The molecular weight excluding hydrogens is 797 g/mol. The van der Waals surface area contributed by atoms with Crippen LogP contribution in [0.2, 0.25) is 0 Å². The number of hydrogen-bond acceptors (Lipinski definition) is 10. The predicted octanol–water partition coefficient (Wildman–Crippen LogP) is 11.0. The average Bonchev–Trinajstić information content (AvgIpc) is 3.23. The number of allylic oxidation sites excluding steroid dienone is 15. The maximum atomic E-state index is 12.6. The van der Waals surface area contributed by atoms with Gasteiger partial charge in [-0.3, -0.25) is 23.4 Å². The second-order valence-electron chi connectivity index (χ2n) is 14.7. The van der Waals surface area contributed by atoms with Crippen molar-refractivity contribution in [1.82, 2.24) is 0 Å². The van der Waals surface area contributed by atoms with E-state index in [9.17, 15) is 28.9 Å². The van der Waals surface area contributed by atoms with Crippen LogP contribution in [0.3, 0.4) is 0 Å². The first-order valence-corrected chi connectivity index (χ1v) is 23.9. The minimum Gasteiger partial charge on any atom is -0.480 e. The van der Waals surface area contributed by atoms with Gasteiger partial charge in [0.05, 0.1) is 19.3 Å². The molecule has 0 fully saturated rings. The first-order valence-electron chi connectivity index (χ1n) is 22.4. The summed E-state index contributed by atoms with van der Waals surface area (Å²) in [4.78, 5) is 46.0. The van der Waals surface area contributed by atoms with Gasteiger partial charge in [-0.15, -0.1) is 0 Å². The fourth-order valence-corrected chi connectivity index (χ4v) is 6.10. The first kappa shape index (κ1) is 57.4. The van der Waals surface area contributed by atoms with Crippen LogP contribution in [-0.2, 0) is 37.5 Å². The molecule has 13 heteroatoms. The number of unbranched alkanes of at least 4 members (excludes halogenated alkanes) is 9. The Hall–Kier alpha value is -3.64. The molecule has 0 spiro atoms. The van der Waals surface area contributed by atoms with Gasteiger partial charge in [0, 0.05) is 12.8 Å². The quantitative estimate of drug-likeness (QED) is 0.0150. The lowest BCUT2D eigenvalue weighted by Gasteiger charge is -2.20. The van der Waals surface area contributed by atoms with Gasteiger partial charge in [0.1, 0.15) is 12.6 Å². The van der Waals surface area contributed by atoms with Gasteiger partial charge < -0.3 is 30.3 Å². The molecule has 0 heterocycles. The number of phosphoric ester groups is 1. The van der Waals surface area contributed by atoms with Crippen LogP contribution < -0.4 is 5.73 Å². The highest BCUT2D eigenvalue weighted by molar-refractivity contribution is 7.47. The van der Waals surface area contributed by atoms with Crippen LogP contribution in [0.1, 0.15) is 149 Å². The number of phosphoric acid groups is 1. The van der Waals surface area contributed by atoms with E-state index in [1.807, 2.05) is 42.5 Å². The number of carbonyl (C=O) groups excluding carboxylic acids is 2. The molecule has 0 aromatic heterocycles. The number of aliphatic carboxylic acids is 1. The maximum Gasteiger partial charge on any atom is 0.472 e. The van der Waals surface area contributed by atoms with Crippen molar-refractivity contribution >= 4 is 25.7 Å². The molecule has 0 aliphatic heterocycles. The SMILES string of the molecule is CCCCC/C=C\C/C=C\C/C=C\C/C=C\CCCCCC(=O)O[C@H](COC(=O)CCC/C=C\C/C=C\C/C=C\C=C\[C@H](O)CCCCC)COP(=O)(O)OC[C@H](N)C(=O)O. The molecule has 61 heavy (non-hydrogen) atoms. The second kappa shape index (κ2) is 41.7. The summed E-state index contributed by atoms with van der Waals surface area (Å²) >= 11 is 0. The molecule has 0 aromatic rings. The normalized spacial score (nSPS) is 15.1. The van der Waals surface area contributed by atoms with Crippen molar-refractivity contribution < 1.29 is 52.6 Å². The van der Waals surface area contributed by atoms with Gasteiger partial charge in [-0.05, 0) is 83.5 Å². The number of aliphatic hydroxyl groups excluding tert-OH is 1. The Bertz CT molecular complexity index is 1420. The summed E-state index contributed by atoms with van der Waals surface area (Å²) in [6.07, 6.45) is 49.4. The summed E-state index contributed by atoms with van der Waals surface area (Å²) < 4.78 is 32.6. The van der Waals surface area contributed by atoms with Crippen molar-refractivity contribution in [2.24, 2.45) is 5.73 Å². The molecule has 0 aromatic carbocycles. The molecule has 0 rings (SSSR count). The number of nitrogens with two attached hydrogens (primary N) is 1. The molecule has 0 aliphatic carbocycles. The number of ether oxygens (including phenoxy) is 2. The molecule has 12 nitrogen and oxygen atoms in total. The van der Waals surface area contributed by atoms with Gasteiger partial charge in [-0.25, -0.2) is 4.57 Å². The van der Waals surface area contributed by atoms with Crippen molar-refractivity contribution in [1.29, 1.82) is 0 Å². The van der Waals surface area contributed by atoms with Gasteiger partial charge in [-0.2, -0.15) is 0 Å². The van der Waals surface area contributed by atoms with Crippen molar-refractivity contribution in [2.75, 3.05) is 19.8 Å². The molecular formula is C48H78NO11P. The molecule has 0 bridgehead atoms. The maximum absolute atomic E-state index is 12.6. The average molecular weight is 876 g/mol. The van der Waals surface area contributed by atoms with Crippen LogP contribution in [0, 0.1) is 0 Å². The molecule has 0 radical (unpaired) electrons. The lowest BCUT2D eigenvalue weighted by atomic mass is 10.1. The van der Waals surface area contributed by atoms with Gasteiger partial charge in [0.15, 0.2) is 6.10 Å². The van der Waals surface area contributed by atoms with Crippen molar-refractivity contribution in [3.8, 4) is 0 Å². The molecule has 0 saturated carbocycles. The third-order valence-electron chi connectivity index (χ3n) is 8.91.